The smallest absolute Gasteiger partial charge is 0.228 e. The maximum absolute atomic E-state index is 14.1. The molecule has 0 amide bonds. The number of aryl methyl sites for hydroxylation is 2. The van der Waals surface area contributed by atoms with Gasteiger partial charge >= 0.3 is 0 Å². The molecule has 1 atom stereocenters. The summed E-state index contributed by atoms with van der Waals surface area (Å²) in [5.41, 5.74) is 0.457. The van der Waals surface area contributed by atoms with Crippen LogP contribution >= 0.6 is 11.6 Å². The summed E-state index contributed by atoms with van der Waals surface area (Å²) in [5, 5.41) is 3.06. The SMILES string of the molecule is CC(Cl)c1nc2ccc(F)c(F)c2n1CCc1ncno1. The molecule has 0 saturated heterocycles. The normalized spacial score (nSPS) is 13.0. The molecule has 1 unspecified atom stereocenters. The van der Waals surface area contributed by atoms with Gasteiger partial charge in [-0.25, -0.2) is 13.8 Å². The minimum absolute atomic E-state index is 0.0945. The zero-order valence-corrected chi connectivity index (χ0v) is 11.8. The Morgan fingerprint density at radius 1 is 1.38 bits per heavy atom. The average Bonchev–Trinajstić information content (AvgIpc) is 3.08. The van der Waals surface area contributed by atoms with Gasteiger partial charge in [0.1, 0.15) is 11.3 Å². The third-order valence-corrected chi connectivity index (χ3v) is 3.34. The Balaban J connectivity index is 2.08. The van der Waals surface area contributed by atoms with Crippen LogP contribution in [0.3, 0.4) is 0 Å². The van der Waals surface area contributed by atoms with Crippen LogP contribution in [-0.2, 0) is 13.0 Å². The molecule has 0 N–H and O–H groups in total. The molecule has 0 radical (unpaired) electrons. The van der Waals surface area contributed by atoms with Gasteiger partial charge in [0.25, 0.3) is 0 Å². The number of alkyl halides is 1. The van der Waals surface area contributed by atoms with Gasteiger partial charge in [-0.05, 0) is 19.1 Å². The number of imidazole rings is 1. The van der Waals surface area contributed by atoms with Gasteiger partial charge in [-0.2, -0.15) is 4.98 Å². The summed E-state index contributed by atoms with van der Waals surface area (Å²) >= 11 is 6.08. The van der Waals surface area contributed by atoms with Crippen molar-refractivity contribution < 1.29 is 13.3 Å². The van der Waals surface area contributed by atoms with Gasteiger partial charge in [0.05, 0.1) is 10.9 Å². The quantitative estimate of drug-likeness (QED) is 0.694. The molecule has 0 aliphatic carbocycles. The molecule has 21 heavy (non-hydrogen) atoms. The van der Waals surface area contributed by atoms with E-state index in [2.05, 4.69) is 15.1 Å². The summed E-state index contributed by atoms with van der Waals surface area (Å²) in [6, 6.07) is 2.48. The van der Waals surface area contributed by atoms with Crippen molar-refractivity contribution in [2.75, 3.05) is 0 Å². The lowest BCUT2D eigenvalue weighted by Crippen LogP contribution is -2.08. The van der Waals surface area contributed by atoms with E-state index in [1.807, 2.05) is 0 Å². The Morgan fingerprint density at radius 2 is 2.19 bits per heavy atom. The molecule has 0 aliphatic rings. The fourth-order valence-electron chi connectivity index (χ4n) is 2.22. The second-order valence-corrected chi connectivity index (χ2v) is 5.21. The lowest BCUT2D eigenvalue weighted by atomic mass is 10.3. The number of hydrogen-bond donors (Lipinski definition) is 0. The number of hydrogen-bond acceptors (Lipinski definition) is 4. The van der Waals surface area contributed by atoms with Gasteiger partial charge in [-0.3, -0.25) is 0 Å². The third-order valence-electron chi connectivity index (χ3n) is 3.14. The number of aromatic nitrogens is 4. The Kier molecular flexibility index (Phi) is 3.59. The maximum Gasteiger partial charge on any atom is 0.228 e. The summed E-state index contributed by atoms with van der Waals surface area (Å²) < 4.78 is 34.0. The first-order valence-corrected chi connectivity index (χ1v) is 6.75. The molecule has 0 saturated carbocycles. The van der Waals surface area contributed by atoms with E-state index in [1.165, 1.54) is 12.4 Å². The average molecular weight is 313 g/mol. The van der Waals surface area contributed by atoms with E-state index in [-0.39, 0.29) is 5.52 Å². The highest BCUT2D eigenvalue weighted by Gasteiger charge is 2.20. The van der Waals surface area contributed by atoms with Crippen molar-refractivity contribution in [3.05, 3.63) is 41.8 Å². The second-order valence-electron chi connectivity index (χ2n) is 4.55. The predicted octanol–water partition coefficient (Wildman–Crippen LogP) is 3.24. The monoisotopic (exact) mass is 312 g/mol. The fraction of sp³-hybridized carbons (Fsp3) is 0.308. The molecule has 0 spiro atoms. The number of benzene rings is 1. The van der Waals surface area contributed by atoms with E-state index in [0.717, 1.165) is 6.07 Å². The molecule has 0 fully saturated rings. The molecule has 3 rings (SSSR count). The van der Waals surface area contributed by atoms with Crippen molar-refractivity contribution in [1.29, 1.82) is 0 Å². The summed E-state index contributed by atoms with van der Waals surface area (Å²) in [7, 11) is 0. The van der Waals surface area contributed by atoms with Crippen molar-refractivity contribution in [2.24, 2.45) is 0 Å². The van der Waals surface area contributed by atoms with Crippen molar-refractivity contribution >= 4 is 22.6 Å². The van der Waals surface area contributed by atoms with Crippen LogP contribution in [-0.4, -0.2) is 19.7 Å². The predicted molar refractivity (Wildman–Crippen MR) is 71.9 cm³/mol. The van der Waals surface area contributed by atoms with Crippen molar-refractivity contribution in [3.8, 4) is 0 Å². The van der Waals surface area contributed by atoms with Crippen LogP contribution in [0.5, 0.6) is 0 Å². The Morgan fingerprint density at radius 3 is 2.86 bits per heavy atom. The molecule has 5 nitrogen and oxygen atoms in total. The van der Waals surface area contributed by atoms with Crippen LogP contribution in [0.25, 0.3) is 11.0 Å². The highest BCUT2D eigenvalue weighted by atomic mass is 35.5. The number of halogens is 3. The van der Waals surface area contributed by atoms with Crippen LogP contribution in [0.15, 0.2) is 23.0 Å². The first-order chi connectivity index (χ1) is 10.1. The summed E-state index contributed by atoms with van der Waals surface area (Å²) in [5.74, 6) is -0.984. The molecule has 1 aromatic carbocycles. The fourth-order valence-corrected chi connectivity index (χ4v) is 2.39. The standard InChI is InChI=1S/C13H11ClF2N4O/c1-7(14)13-19-9-3-2-8(15)11(16)12(9)20(13)5-4-10-17-6-18-21-10/h2-3,6-7H,4-5H2,1H3. The van der Waals surface area contributed by atoms with Gasteiger partial charge in [0.15, 0.2) is 18.0 Å². The topological polar surface area (TPSA) is 56.7 Å². The second kappa shape index (κ2) is 5.40. The van der Waals surface area contributed by atoms with E-state index in [0.29, 0.717) is 30.2 Å². The minimum Gasteiger partial charge on any atom is -0.340 e. The zero-order valence-electron chi connectivity index (χ0n) is 11.1. The highest BCUT2D eigenvalue weighted by Crippen LogP contribution is 2.27. The number of rotatable bonds is 4. The van der Waals surface area contributed by atoms with Crippen LogP contribution in [0, 0.1) is 11.6 Å². The summed E-state index contributed by atoms with van der Waals surface area (Å²) in [4.78, 5) is 8.17. The van der Waals surface area contributed by atoms with Crippen molar-refractivity contribution in [2.45, 2.75) is 25.3 Å². The van der Waals surface area contributed by atoms with Crippen LogP contribution in [0.4, 0.5) is 8.78 Å². The third kappa shape index (κ3) is 2.49. The lowest BCUT2D eigenvalue weighted by Gasteiger charge is -2.09. The summed E-state index contributed by atoms with van der Waals surface area (Å²) in [6.07, 6.45) is 1.66. The van der Waals surface area contributed by atoms with E-state index in [1.54, 1.807) is 11.5 Å². The van der Waals surface area contributed by atoms with E-state index in [4.69, 9.17) is 16.1 Å². The van der Waals surface area contributed by atoms with E-state index in [9.17, 15) is 8.78 Å². The first-order valence-electron chi connectivity index (χ1n) is 6.31. The van der Waals surface area contributed by atoms with Crippen molar-refractivity contribution in [3.63, 3.8) is 0 Å². The largest absolute Gasteiger partial charge is 0.340 e. The molecular weight excluding hydrogens is 302 g/mol. The molecule has 8 heteroatoms. The molecule has 2 heterocycles. The van der Waals surface area contributed by atoms with E-state index >= 15 is 0 Å². The number of fused-ring (bicyclic) bond motifs is 1. The van der Waals surface area contributed by atoms with Gasteiger partial charge in [0, 0.05) is 13.0 Å². The van der Waals surface area contributed by atoms with E-state index < -0.39 is 17.0 Å². The Bertz CT molecular complexity index is 770. The first kappa shape index (κ1) is 13.9. The maximum atomic E-state index is 14.1. The van der Waals surface area contributed by atoms with Crippen LogP contribution in [0.2, 0.25) is 0 Å². The highest BCUT2D eigenvalue weighted by molar-refractivity contribution is 6.20. The van der Waals surface area contributed by atoms with Crippen molar-refractivity contribution in [1.82, 2.24) is 19.7 Å². The molecule has 3 aromatic rings. The number of nitrogens with zero attached hydrogens (tertiary/aromatic N) is 4. The molecule has 2 aromatic heterocycles. The Hall–Kier alpha value is -2.02. The molecule has 0 bridgehead atoms. The Labute approximate surface area is 123 Å². The van der Waals surface area contributed by atoms with Crippen LogP contribution in [0.1, 0.15) is 24.0 Å². The zero-order chi connectivity index (χ0) is 15.0. The minimum atomic E-state index is -0.936. The molecule has 0 aliphatic heterocycles. The van der Waals surface area contributed by atoms with Gasteiger partial charge in [0.2, 0.25) is 5.89 Å². The summed E-state index contributed by atoms with van der Waals surface area (Å²) in [6.45, 7) is 2.03. The van der Waals surface area contributed by atoms with Gasteiger partial charge in [-0.1, -0.05) is 5.16 Å². The molecule has 110 valence electrons. The lowest BCUT2D eigenvalue weighted by molar-refractivity contribution is 0.370. The van der Waals surface area contributed by atoms with Crippen LogP contribution < -0.4 is 0 Å². The van der Waals surface area contributed by atoms with Gasteiger partial charge < -0.3 is 9.09 Å². The van der Waals surface area contributed by atoms with Gasteiger partial charge in [-0.15, -0.1) is 11.6 Å². The molecular formula is C13H11ClF2N4O.